The van der Waals surface area contributed by atoms with Crippen LogP contribution in [-0.2, 0) is 6.54 Å². The number of aliphatic hydroxyl groups excluding tert-OH is 1. The zero-order chi connectivity index (χ0) is 11.5. The lowest BCUT2D eigenvalue weighted by atomic mass is 10.1. The highest BCUT2D eigenvalue weighted by Gasteiger charge is 2.12. The zero-order valence-electron chi connectivity index (χ0n) is 8.84. The highest BCUT2D eigenvalue weighted by atomic mass is 79.9. The number of rotatable bonds is 3. The third-order valence-electron chi connectivity index (χ3n) is 2.33. The highest BCUT2D eigenvalue weighted by molar-refractivity contribution is 9.10. The van der Waals surface area contributed by atoms with Crippen LogP contribution in [0.2, 0.25) is 0 Å². The third-order valence-corrected chi connectivity index (χ3v) is 2.77. The van der Waals surface area contributed by atoms with Crippen LogP contribution in [0.25, 0.3) is 0 Å². The van der Waals surface area contributed by atoms with Crippen molar-refractivity contribution in [3.63, 3.8) is 0 Å². The quantitative estimate of drug-likeness (QED) is 0.938. The van der Waals surface area contributed by atoms with Crippen LogP contribution in [0.3, 0.4) is 0 Å². The predicted molar refractivity (Wildman–Crippen MR) is 63.9 cm³/mol. The normalized spacial score (nSPS) is 12.7. The molecule has 0 aromatic carbocycles. The van der Waals surface area contributed by atoms with Crippen LogP contribution in [0.1, 0.15) is 24.2 Å². The maximum atomic E-state index is 10.1. The van der Waals surface area contributed by atoms with Crippen molar-refractivity contribution in [2.45, 2.75) is 19.6 Å². The van der Waals surface area contributed by atoms with Crippen molar-refractivity contribution in [1.29, 1.82) is 0 Å². The van der Waals surface area contributed by atoms with E-state index < -0.39 is 6.10 Å². The summed E-state index contributed by atoms with van der Waals surface area (Å²) in [5, 5.41) is 14.2. The van der Waals surface area contributed by atoms with Gasteiger partial charge in [0.05, 0.1) is 6.20 Å². The Bertz CT molecular complexity index is 484. The van der Waals surface area contributed by atoms with E-state index in [1.807, 2.05) is 19.2 Å². The Balaban J connectivity index is 2.27. The molecule has 1 N–H and O–H groups in total. The smallest absolute Gasteiger partial charge is 0.109 e. The number of hydrogen-bond donors (Lipinski definition) is 1. The molecule has 0 aliphatic rings. The van der Waals surface area contributed by atoms with E-state index in [-0.39, 0.29) is 0 Å². The maximum absolute atomic E-state index is 10.1. The lowest BCUT2D eigenvalue weighted by Crippen LogP contribution is -1.99. The van der Waals surface area contributed by atoms with Crippen molar-refractivity contribution in [3.05, 3.63) is 46.5 Å². The molecular weight excluding hydrogens is 270 g/mol. The van der Waals surface area contributed by atoms with Crippen LogP contribution in [0.4, 0.5) is 0 Å². The lowest BCUT2D eigenvalue weighted by molar-refractivity contribution is 0.219. The topological polar surface area (TPSA) is 50.9 Å². The number of aryl methyl sites for hydroxylation is 1. The SMILES string of the molecule is CCn1cc(C(O)c2cncc(Br)c2)cn1. The van der Waals surface area contributed by atoms with Crippen molar-refractivity contribution in [1.82, 2.24) is 14.8 Å². The molecule has 2 heterocycles. The third kappa shape index (κ3) is 2.31. The van der Waals surface area contributed by atoms with Gasteiger partial charge in [0, 0.05) is 40.7 Å². The van der Waals surface area contributed by atoms with Crippen LogP contribution in [0, 0.1) is 0 Å². The minimum atomic E-state index is -0.676. The van der Waals surface area contributed by atoms with Gasteiger partial charge in [-0.3, -0.25) is 9.67 Å². The Hall–Kier alpha value is -1.20. The fraction of sp³-hybridized carbons (Fsp3) is 0.273. The monoisotopic (exact) mass is 281 g/mol. The molecule has 0 spiro atoms. The van der Waals surface area contributed by atoms with E-state index in [2.05, 4.69) is 26.0 Å². The van der Waals surface area contributed by atoms with Crippen LogP contribution in [0.5, 0.6) is 0 Å². The standard InChI is InChI=1S/C11H12BrN3O/c1-2-15-7-9(5-14-15)11(16)8-3-10(12)6-13-4-8/h3-7,11,16H,2H2,1H3. The summed E-state index contributed by atoms with van der Waals surface area (Å²) < 4.78 is 2.64. The Morgan fingerprint density at radius 3 is 2.81 bits per heavy atom. The van der Waals surface area contributed by atoms with Crippen LogP contribution >= 0.6 is 15.9 Å². The van der Waals surface area contributed by atoms with Crippen molar-refractivity contribution < 1.29 is 5.11 Å². The Labute approximate surface area is 102 Å². The summed E-state index contributed by atoms with van der Waals surface area (Å²) in [7, 11) is 0. The summed E-state index contributed by atoms with van der Waals surface area (Å²) in [4.78, 5) is 4.02. The van der Waals surface area contributed by atoms with Crippen molar-refractivity contribution >= 4 is 15.9 Å². The molecular formula is C11H12BrN3O. The van der Waals surface area contributed by atoms with Gasteiger partial charge in [0.25, 0.3) is 0 Å². The van der Waals surface area contributed by atoms with E-state index >= 15 is 0 Å². The average Bonchev–Trinajstić information content (AvgIpc) is 2.76. The molecule has 0 saturated carbocycles. The van der Waals surface area contributed by atoms with Gasteiger partial charge in [-0.1, -0.05) is 0 Å². The van der Waals surface area contributed by atoms with Gasteiger partial charge in [0.2, 0.25) is 0 Å². The van der Waals surface area contributed by atoms with E-state index in [9.17, 15) is 5.11 Å². The second kappa shape index (κ2) is 4.76. The first-order valence-corrected chi connectivity index (χ1v) is 5.81. The molecule has 16 heavy (non-hydrogen) atoms. The number of halogens is 1. The largest absolute Gasteiger partial charge is 0.383 e. The molecule has 0 amide bonds. The van der Waals surface area contributed by atoms with Gasteiger partial charge >= 0.3 is 0 Å². The van der Waals surface area contributed by atoms with Crippen molar-refractivity contribution in [3.8, 4) is 0 Å². The number of pyridine rings is 1. The van der Waals surface area contributed by atoms with E-state index in [0.29, 0.717) is 0 Å². The van der Waals surface area contributed by atoms with E-state index in [4.69, 9.17) is 0 Å². The summed E-state index contributed by atoms with van der Waals surface area (Å²) in [6, 6.07) is 1.85. The van der Waals surface area contributed by atoms with Crippen LogP contribution < -0.4 is 0 Å². The molecule has 0 aliphatic carbocycles. The van der Waals surface area contributed by atoms with Crippen molar-refractivity contribution in [2.24, 2.45) is 0 Å². The molecule has 2 rings (SSSR count). The Kier molecular flexibility index (Phi) is 3.36. The molecule has 0 bridgehead atoms. The Morgan fingerprint density at radius 2 is 2.19 bits per heavy atom. The molecule has 5 heteroatoms. The summed E-state index contributed by atoms with van der Waals surface area (Å²) >= 11 is 3.33. The molecule has 84 valence electrons. The molecule has 0 aliphatic heterocycles. The summed E-state index contributed by atoms with van der Waals surface area (Å²) in [5.74, 6) is 0. The second-order valence-electron chi connectivity index (χ2n) is 3.47. The van der Waals surface area contributed by atoms with Gasteiger partial charge in [-0.15, -0.1) is 0 Å². The van der Waals surface area contributed by atoms with Gasteiger partial charge in [-0.25, -0.2) is 0 Å². The average molecular weight is 282 g/mol. The number of aliphatic hydroxyl groups is 1. The molecule has 0 fully saturated rings. The molecule has 2 aromatic heterocycles. The fourth-order valence-electron chi connectivity index (χ4n) is 1.46. The summed E-state index contributed by atoms with van der Waals surface area (Å²) in [6.07, 6.45) is 6.18. The molecule has 1 unspecified atom stereocenters. The number of aromatic nitrogens is 3. The van der Waals surface area contributed by atoms with Gasteiger partial charge in [-0.2, -0.15) is 5.10 Å². The first-order chi connectivity index (χ1) is 7.70. The molecule has 2 aromatic rings. The fourth-order valence-corrected chi connectivity index (χ4v) is 1.85. The number of nitrogens with zero attached hydrogens (tertiary/aromatic N) is 3. The molecule has 1 atom stereocenters. The van der Waals surface area contributed by atoms with Gasteiger partial charge in [-0.05, 0) is 28.9 Å². The molecule has 0 saturated heterocycles. The predicted octanol–water partition coefficient (Wildman–Crippen LogP) is 2.14. The maximum Gasteiger partial charge on any atom is 0.109 e. The first-order valence-electron chi connectivity index (χ1n) is 5.01. The molecule has 0 radical (unpaired) electrons. The van der Waals surface area contributed by atoms with E-state index in [1.54, 1.807) is 23.3 Å². The van der Waals surface area contributed by atoms with Crippen molar-refractivity contribution in [2.75, 3.05) is 0 Å². The van der Waals surface area contributed by atoms with Gasteiger partial charge in [0.1, 0.15) is 6.10 Å². The second-order valence-corrected chi connectivity index (χ2v) is 4.38. The highest BCUT2D eigenvalue weighted by Crippen LogP contribution is 2.22. The summed E-state index contributed by atoms with van der Waals surface area (Å²) in [5.41, 5.74) is 1.53. The number of hydrogen-bond acceptors (Lipinski definition) is 3. The first kappa shape index (κ1) is 11.3. The molecule has 4 nitrogen and oxygen atoms in total. The lowest BCUT2D eigenvalue weighted by Gasteiger charge is -2.08. The van der Waals surface area contributed by atoms with Crippen LogP contribution in [0.15, 0.2) is 35.3 Å². The van der Waals surface area contributed by atoms with E-state index in [1.165, 1.54) is 0 Å². The minimum absolute atomic E-state index is 0.676. The zero-order valence-corrected chi connectivity index (χ0v) is 10.4. The van der Waals surface area contributed by atoms with Gasteiger partial charge in [0.15, 0.2) is 0 Å². The Morgan fingerprint density at radius 1 is 1.38 bits per heavy atom. The van der Waals surface area contributed by atoms with Gasteiger partial charge < -0.3 is 5.11 Å². The van der Waals surface area contributed by atoms with E-state index in [0.717, 1.165) is 22.1 Å². The van der Waals surface area contributed by atoms with Crippen LogP contribution in [-0.4, -0.2) is 19.9 Å². The summed E-state index contributed by atoms with van der Waals surface area (Å²) in [6.45, 7) is 2.80. The minimum Gasteiger partial charge on any atom is -0.383 e.